The summed E-state index contributed by atoms with van der Waals surface area (Å²) >= 11 is 0. The molecule has 0 bridgehead atoms. The van der Waals surface area contributed by atoms with Gasteiger partial charge in [0, 0.05) is 113 Å². The Labute approximate surface area is 764 Å². The number of nitrogens with two attached hydrogens (primary N) is 4. The van der Waals surface area contributed by atoms with Gasteiger partial charge in [0.15, 0.2) is 5.66 Å². The molecule has 718 valence electrons. The van der Waals surface area contributed by atoms with Crippen molar-refractivity contribution in [3.8, 4) is 5.75 Å². The summed E-state index contributed by atoms with van der Waals surface area (Å²) in [5.74, 6) is -15.7. The molecule has 41 heteroatoms. The lowest BCUT2D eigenvalue weighted by Gasteiger charge is -2.39. The summed E-state index contributed by atoms with van der Waals surface area (Å²) in [4.78, 5) is 260. The molecule has 7 heterocycles. The van der Waals surface area contributed by atoms with Crippen molar-refractivity contribution >= 4 is 122 Å². The van der Waals surface area contributed by atoms with Gasteiger partial charge in [0.05, 0.1) is 25.7 Å². The predicted octanol–water partition coefficient (Wildman–Crippen LogP) is -1.12. The van der Waals surface area contributed by atoms with Crippen LogP contribution in [-0.2, 0) is 107 Å². The maximum Gasteiger partial charge on any atom is 0.323 e. The third-order valence-corrected chi connectivity index (χ3v) is 25.4. The topological polar surface area (TPSA) is 600 Å². The molecule has 5 fully saturated rings. The highest BCUT2D eigenvalue weighted by Gasteiger charge is 2.72. The maximum atomic E-state index is 15.9. The number of primary amides is 1. The number of rotatable bonds is 25. The van der Waals surface area contributed by atoms with Crippen molar-refractivity contribution in [2.45, 2.75) is 266 Å². The van der Waals surface area contributed by atoms with Gasteiger partial charge in [-0.05, 0) is 130 Å². The molecular formula is C91H128N20O21. The van der Waals surface area contributed by atoms with E-state index in [0.29, 0.717) is 82.8 Å². The van der Waals surface area contributed by atoms with Crippen molar-refractivity contribution in [3.05, 3.63) is 102 Å². The SMILES string of the molecule is CCCC[C@H]1C(=O)N(C)[C@@H](CCCC)C(=O)N[C@@H](CC(C)C)C(=O)NCCC[C@H](N)C(=O)N[C@@H](Cc2ccc(OC)cc2)C(=O)N2CCCC[C@@]23C(=O)N3[C@@H](CC(N)=O)C(=O)N2CCC[C@H]2C(=O)N[C@@H](CN)C(=O)N[C@@H](CCC(=O)O)C(=O)N2C[C@H](O)C[C@H]2C(=O)N[C@@H](Cc2c[nH]c3ccccc23)C(=O)N[C@@H](CCN)C(=O)N[C@@H](Cc2cn(CC(=O)O)c3ccccc23)C(=O)N1C. The number of aliphatic hydroxyl groups excluding tert-OH is 1. The number of para-hydroxylation sites is 2. The van der Waals surface area contributed by atoms with E-state index in [2.05, 4.69) is 47.5 Å². The number of H-pyrrole nitrogens is 1. The Hall–Kier alpha value is -12.6. The standard InChI is InChI=1S/C91H128N20O21/c1-8-10-24-69-82(123)100-63(40-51(3)4)78(119)96-37-18-22-59(94)77(118)102-65(41-52-28-30-56(132-7)31-29-52)87(128)110-39-17-16-35-91(110)90(131)111(91)73(45-74(95)113)89(130)108-38-19-27-70(108)83(124)104-67(46-93)81(122)99-62(32-33-75(114)115)86(127)109-49-55(112)44-72(109)84(125)101-64(42-53-47-97-60-23-14-12-20-57(53)60)80(121)98-61(34-36-92)79(120)103-66(85(126)106(6)71(25-11-9-2)88(129)105(69)5)43-54-48-107(50-76(116)117)68-26-15-13-21-58(54)68/h12-15,20-21,23,26,28-31,47-48,51,55,59,61-67,69-73,97,112H,8-11,16-19,22,24-25,27,32-46,49-50,92-94H2,1-7H3,(H2,95,113)(H,96,119)(H,98,121)(H,99,122)(H,100,123)(H,101,125)(H,102,118)(H,103,120)(H,104,124)(H,114,115)(H,116,117)/t55-,59+,61+,62+,63+,64+,65+,66+,67+,69+,70+,71+,72+,73+,91-,111?/m1/s1. The smallest absolute Gasteiger partial charge is 0.323 e. The Morgan fingerprint density at radius 1 is 0.561 bits per heavy atom. The van der Waals surface area contributed by atoms with Gasteiger partial charge in [-0.2, -0.15) is 0 Å². The van der Waals surface area contributed by atoms with Gasteiger partial charge >= 0.3 is 11.9 Å². The van der Waals surface area contributed by atoms with E-state index in [0.717, 1.165) is 14.7 Å². The summed E-state index contributed by atoms with van der Waals surface area (Å²) in [6, 6.07) is 0.513. The summed E-state index contributed by atoms with van der Waals surface area (Å²) in [6.07, 6.45) is 0.685. The highest BCUT2D eigenvalue weighted by molar-refractivity contribution is 6.10. The number of hydrogen-bond acceptors (Lipinski definition) is 22. The van der Waals surface area contributed by atoms with Crippen molar-refractivity contribution in [2.75, 3.05) is 60.5 Å². The van der Waals surface area contributed by atoms with Gasteiger partial charge in [0.1, 0.15) is 84.8 Å². The minimum atomic E-state index is -1.88. The normalized spacial score (nSPS) is 26.4. The number of piperidine rings is 1. The number of likely N-dealkylation sites (N-methyl/N-ethyl adjacent to an activating group) is 2. The third kappa shape index (κ3) is 24.8. The van der Waals surface area contributed by atoms with Crippen molar-refractivity contribution in [3.63, 3.8) is 0 Å². The van der Waals surface area contributed by atoms with Gasteiger partial charge in [0.25, 0.3) is 5.91 Å². The summed E-state index contributed by atoms with van der Waals surface area (Å²) in [5.41, 5.74) is 25.5. The van der Waals surface area contributed by atoms with Gasteiger partial charge in [-0.3, -0.25) is 86.4 Å². The number of aliphatic hydroxyl groups is 1. The zero-order valence-electron chi connectivity index (χ0n) is 75.9. The molecule has 5 saturated heterocycles. The Morgan fingerprint density at radius 2 is 1.17 bits per heavy atom. The maximum absolute atomic E-state index is 15.9. The molecule has 20 N–H and O–H groups in total. The van der Waals surface area contributed by atoms with E-state index in [-0.39, 0.29) is 109 Å². The molecule has 15 atom stereocenters. The number of aliphatic carboxylic acids is 2. The van der Waals surface area contributed by atoms with Crippen LogP contribution in [0.1, 0.15) is 166 Å². The van der Waals surface area contributed by atoms with Crippen LogP contribution in [0.2, 0.25) is 0 Å². The van der Waals surface area contributed by atoms with Crippen LogP contribution in [0.5, 0.6) is 5.75 Å². The highest BCUT2D eigenvalue weighted by Crippen LogP contribution is 2.48. The van der Waals surface area contributed by atoms with Crippen LogP contribution in [0.15, 0.2) is 85.2 Å². The first-order chi connectivity index (χ1) is 63.0. The molecule has 5 aromatic rings. The number of amides is 15. The fourth-order valence-electron chi connectivity index (χ4n) is 18.3. The number of carbonyl (C=O) groups is 17. The van der Waals surface area contributed by atoms with Crippen molar-refractivity contribution in [1.82, 2.24) is 81.5 Å². The lowest BCUT2D eigenvalue weighted by molar-refractivity contribution is -0.149. The molecule has 41 nitrogen and oxygen atoms in total. The largest absolute Gasteiger partial charge is 0.497 e. The number of nitrogens with one attached hydrogen (secondary N) is 9. The Bertz CT molecular complexity index is 5040. The summed E-state index contributed by atoms with van der Waals surface area (Å²) in [5, 5.41) is 54.5. The number of fused-ring (bicyclic) bond motifs is 4. The molecular weight excluding hydrogens is 1710 g/mol. The summed E-state index contributed by atoms with van der Waals surface area (Å²) < 4.78 is 6.84. The van der Waals surface area contributed by atoms with Gasteiger partial charge in [-0.15, -0.1) is 0 Å². The predicted molar refractivity (Wildman–Crippen MR) is 481 cm³/mol. The monoisotopic (exact) mass is 1840 g/mol. The van der Waals surface area contributed by atoms with Crippen LogP contribution in [-0.4, -0.2) is 306 Å². The molecule has 3 aromatic carbocycles. The van der Waals surface area contributed by atoms with E-state index in [9.17, 15) is 53.7 Å². The van der Waals surface area contributed by atoms with E-state index in [1.54, 1.807) is 79.0 Å². The van der Waals surface area contributed by atoms with Gasteiger partial charge in [-0.1, -0.05) is 102 Å². The molecule has 1 spiro atoms. The summed E-state index contributed by atoms with van der Waals surface area (Å²) in [7, 11) is 4.24. The number of benzene rings is 3. The van der Waals surface area contributed by atoms with Crippen LogP contribution >= 0.6 is 0 Å². The van der Waals surface area contributed by atoms with E-state index in [1.807, 2.05) is 27.7 Å². The van der Waals surface area contributed by atoms with E-state index < -0.39 is 236 Å². The van der Waals surface area contributed by atoms with E-state index >= 15 is 43.2 Å². The number of ether oxygens (including phenoxy) is 1. The van der Waals surface area contributed by atoms with Crippen LogP contribution in [0.3, 0.4) is 0 Å². The zero-order valence-corrected chi connectivity index (χ0v) is 75.9. The fraction of sp³-hybridized carbons (Fsp3) is 0.571. The lowest BCUT2D eigenvalue weighted by Crippen LogP contribution is -2.61. The molecule has 15 amide bonds. The van der Waals surface area contributed by atoms with E-state index in [1.165, 1.54) is 46.7 Å². The van der Waals surface area contributed by atoms with Crippen molar-refractivity contribution < 1.29 is 102 Å². The second kappa shape index (κ2) is 46.4. The average molecular weight is 1840 g/mol. The molecule has 0 radical (unpaired) electrons. The van der Waals surface area contributed by atoms with Crippen molar-refractivity contribution in [2.24, 2.45) is 28.9 Å². The minimum absolute atomic E-state index is 0.0265. The molecule has 0 aliphatic carbocycles. The second-order valence-electron chi connectivity index (χ2n) is 35.3. The van der Waals surface area contributed by atoms with Crippen LogP contribution in [0.4, 0.5) is 0 Å². The van der Waals surface area contributed by atoms with E-state index in [4.69, 9.17) is 27.7 Å². The first kappa shape index (κ1) is 101. The zero-order chi connectivity index (χ0) is 96.1. The number of aromatic nitrogens is 2. The molecule has 0 unspecified atom stereocenters. The van der Waals surface area contributed by atoms with Gasteiger partial charge in [0.2, 0.25) is 82.7 Å². The molecule has 132 heavy (non-hydrogen) atoms. The first-order valence-corrected chi connectivity index (χ1v) is 45.5. The second-order valence-corrected chi connectivity index (χ2v) is 35.3. The third-order valence-electron chi connectivity index (χ3n) is 25.4. The first-order valence-electron chi connectivity index (χ1n) is 45.5. The Kier molecular flexibility index (Phi) is 35.7. The molecule has 0 saturated carbocycles. The van der Waals surface area contributed by atoms with Gasteiger partial charge in [-0.25, -0.2) is 0 Å². The number of hydrogen-bond donors (Lipinski definition) is 16. The molecule has 5 aliphatic rings. The molecule has 10 rings (SSSR count). The Morgan fingerprint density at radius 3 is 1.83 bits per heavy atom. The molecule has 5 aliphatic heterocycles. The van der Waals surface area contributed by atoms with Crippen LogP contribution in [0.25, 0.3) is 21.8 Å². The quantitative estimate of drug-likeness (QED) is 0.0308. The minimum Gasteiger partial charge on any atom is -0.497 e. The number of nitrogens with zero attached hydrogens (tertiary/aromatic N) is 7. The average Bonchev–Trinajstić information content (AvgIpc) is 1.52. The number of aromatic amines is 1. The van der Waals surface area contributed by atoms with Crippen LogP contribution in [0, 0.1) is 5.92 Å². The van der Waals surface area contributed by atoms with Crippen LogP contribution < -0.4 is 70.2 Å². The van der Waals surface area contributed by atoms with Gasteiger partial charge < -0.3 is 120 Å². The number of carbonyl (C=O) groups excluding carboxylic acids is 15. The number of methoxy groups -OCH3 is 1. The Balaban J connectivity index is 1.02. The van der Waals surface area contributed by atoms with Crippen molar-refractivity contribution in [1.29, 1.82) is 0 Å². The fourth-order valence-corrected chi connectivity index (χ4v) is 18.3. The lowest BCUT2D eigenvalue weighted by atomic mass is 9.97. The summed E-state index contributed by atoms with van der Waals surface area (Å²) in [6.45, 7) is 5.10. The number of unbranched alkanes of at least 4 members (excludes halogenated alkanes) is 2. The molecule has 2 aromatic heterocycles. The number of carboxylic acid groups (broad SMARTS) is 2. The number of carboxylic acids is 2. The highest BCUT2D eigenvalue weighted by atomic mass is 16.5.